The molecule has 2 N–H and O–H groups in total. The first kappa shape index (κ1) is 16.8. The van der Waals surface area contributed by atoms with E-state index in [1.165, 1.54) is 0 Å². The predicted molar refractivity (Wildman–Crippen MR) is 89.4 cm³/mol. The zero-order chi connectivity index (χ0) is 18.4. The molecule has 1 saturated heterocycles. The van der Waals surface area contributed by atoms with Crippen molar-refractivity contribution >= 4 is 11.5 Å². The zero-order valence-corrected chi connectivity index (χ0v) is 14.0. The van der Waals surface area contributed by atoms with Gasteiger partial charge in [0.15, 0.2) is 23.1 Å². The van der Waals surface area contributed by atoms with Gasteiger partial charge in [-0.25, -0.2) is 13.2 Å². The standard InChI is InChI=1S/C17H17F3N6/c1-9-22-23-16-2-3-17(24-26(9)16)25-5-4-10(15(21)8-25)11-6-13(19)14(20)7-12(11)18/h2-3,6-7,10,15H,4-5,8,21H2,1H3/t10?,15-/m0/s1. The number of halogens is 3. The highest BCUT2D eigenvalue weighted by molar-refractivity contribution is 5.46. The van der Waals surface area contributed by atoms with E-state index in [4.69, 9.17) is 5.73 Å². The molecule has 3 heterocycles. The van der Waals surface area contributed by atoms with E-state index in [0.29, 0.717) is 42.9 Å². The fourth-order valence-electron chi connectivity index (χ4n) is 3.45. The second-order valence-corrected chi connectivity index (χ2v) is 6.50. The van der Waals surface area contributed by atoms with Crippen molar-refractivity contribution in [3.8, 4) is 0 Å². The first-order chi connectivity index (χ1) is 12.4. The van der Waals surface area contributed by atoms with Crippen LogP contribution in [0.25, 0.3) is 5.65 Å². The largest absolute Gasteiger partial charge is 0.354 e. The van der Waals surface area contributed by atoms with Crippen molar-refractivity contribution in [2.75, 3.05) is 18.0 Å². The predicted octanol–water partition coefficient (Wildman–Crippen LogP) is 2.17. The third-order valence-electron chi connectivity index (χ3n) is 4.83. The van der Waals surface area contributed by atoms with Gasteiger partial charge < -0.3 is 10.6 Å². The van der Waals surface area contributed by atoms with Gasteiger partial charge in [0, 0.05) is 31.1 Å². The molecular weight excluding hydrogens is 345 g/mol. The van der Waals surface area contributed by atoms with Gasteiger partial charge in [-0.15, -0.1) is 15.3 Å². The molecule has 1 aromatic carbocycles. The van der Waals surface area contributed by atoms with Gasteiger partial charge in [0.05, 0.1) is 0 Å². The van der Waals surface area contributed by atoms with Gasteiger partial charge in [0.1, 0.15) is 11.6 Å². The van der Waals surface area contributed by atoms with Crippen LogP contribution in [0.15, 0.2) is 24.3 Å². The first-order valence-electron chi connectivity index (χ1n) is 8.28. The van der Waals surface area contributed by atoms with Crippen LogP contribution < -0.4 is 10.6 Å². The van der Waals surface area contributed by atoms with E-state index < -0.39 is 23.5 Å². The Hall–Kier alpha value is -2.68. The number of hydrogen-bond acceptors (Lipinski definition) is 5. The minimum atomic E-state index is -1.20. The lowest BCUT2D eigenvalue weighted by molar-refractivity contribution is 0.415. The van der Waals surface area contributed by atoms with Crippen LogP contribution in [-0.2, 0) is 0 Å². The molecule has 2 atom stereocenters. The third kappa shape index (κ3) is 2.78. The van der Waals surface area contributed by atoms with Crippen molar-refractivity contribution in [3.05, 3.63) is 53.1 Å². The molecule has 9 heteroatoms. The summed E-state index contributed by atoms with van der Waals surface area (Å²) >= 11 is 0. The number of nitrogens with two attached hydrogens (primary N) is 1. The van der Waals surface area contributed by atoms with Crippen LogP contribution in [0.4, 0.5) is 19.0 Å². The van der Waals surface area contributed by atoms with E-state index in [9.17, 15) is 13.2 Å². The lowest BCUT2D eigenvalue weighted by atomic mass is 9.85. The van der Waals surface area contributed by atoms with Gasteiger partial charge in [-0.2, -0.15) is 4.52 Å². The van der Waals surface area contributed by atoms with E-state index in [1.54, 1.807) is 11.4 Å². The summed E-state index contributed by atoms with van der Waals surface area (Å²) in [6.07, 6.45) is 0.504. The van der Waals surface area contributed by atoms with Gasteiger partial charge in [0.25, 0.3) is 0 Å². The van der Waals surface area contributed by atoms with Crippen LogP contribution in [-0.4, -0.2) is 38.9 Å². The van der Waals surface area contributed by atoms with Gasteiger partial charge in [-0.1, -0.05) is 0 Å². The number of anilines is 1. The summed E-state index contributed by atoms with van der Waals surface area (Å²) in [6.45, 7) is 2.79. The number of fused-ring (bicyclic) bond motifs is 1. The fraction of sp³-hybridized carbons (Fsp3) is 0.353. The molecule has 1 unspecified atom stereocenters. The maximum atomic E-state index is 14.1. The Kier molecular flexibility index (Phi) is 4.03. The van der Waals surface area contributed by atoms with E-state index in [1.807, 2.05) is 17.0 Å². The third-order valence-corrected chi connectivity index (χ3v) is 4.83. The average molecular weight is 362 g/mol. The summed E-state index contributed by atoms with van der Waals surface area (Å²) in [7, 11) is 0. The molecule has 1 fully saturated rings. The minimum Gasteiger partial charge on any atom is -0.354 e. The smallest absolute Gasteiger partial charge is 0.178 e. The number of hydrogen-bond donors (Lipinski definition) is 1. The Balaban J connectivity index is 1.58. The molecule has 0 spiro atoms. The number of aryl methyl sites for hydroxylation is 1. The summed E-state index contributed by atoms with van der Waals surface area (Å²) in [5, 5.41) is 12.5. The summed E-state index contributed by atoms with van der Waals surface area (Å²) in [4.78, 5) is 1.98. The van der Waals surface area contributed by atoms with Crippen molar-refractivity contribution in [2.24, 2.45) is 5.73 Å². The molecule has 26 heavy (non-hydrogen) atoms. The lowest BCUT2D eigenvalue weighted by Crippen LogP contribution is -2.48. The first-order valence-corrected chi connectivity index (χ1v) is 8.28. The summed E-state index contributed by atoms with van der Waals surface area (Å²) in [5.74, 6) is -2.03. The van der Waals surface area contributed by atoms with Crippen molar-refractivity contribution in [1.82, 2.24) is 19.8 Å². The normalized spacial score (nSPS) is 20.7. The fourth-order valence-corrected chi connectivity index (χ4v) is 3.45. The van der Waals surface area contributed by atoms with Crippen molar-refractivity contribution in [1.29, 1.82) is 0 Å². The molecule has 0 bridgehead atoms. The Bertz CT molecular complexity index is 973. The molecule has 2 aromatic heterocycles. The maximum Gasteiger partial charge on any atom is 0.178 e. The number of piperidine rings is 1. The quantitative estimate of drug-likeness (QED) is 0.708. The van der Waals surface area contributed by atoms with Crippen LogP contribution >= 0.6 is 0 Å². The average Bonchev–Trinajstić information content (AvgIpc) is 2.99. The topological polar surface area (TPSA) is 72.3 Å². The second kappa shape index (κ2) is 6.24. The summed E-state index contributed by atoms with van der Waals surface area (Å²) < 4.78 is 42.4. The highest BCUT2D eigenvalue weighted by Crippen LogP contribution is 2.32. The summed E-state index contributed by atoms with van der Waals surface area (Å²) in [5.41, 5.74) is 7.00. The van der Waals surface area contributed by atoms with Gasteiger partial charge >= 0.3 is 0 Å². The Morgan fingerprint density at radius 2 is 1.85 bits per heavy atom. The van der Waals surface area contributed by atoms with E-state index >= 15 is 0 Å². The van der Waals surface area contributed by atoms with Crippen molar-refractivity contribution in [2.45, 2.75) is 25.3 Å². The van der Waals surface area contributed by atoms with Gasteiger partial charge in [0.2, 0.25) is 0 Å². The SMILES string of the molecule is Cc1nnc2ccc(N3CCC(c4cc(F)c(F)cc4F)[C@@H](N)C3)nn12. The number of rotatable bonds is 2. The molecular formula is C17H17F3N6. The Labute approximate surface area is 147 Å². The second-order valence-electron chi connectivity index (χ2n) is 6.50. The minimum absolute atomic E-state index is 0.120. The maximum absolute atomic E-state index is 14.1. The molecule has 3 aromatic rings. The molecule has 0 saturated carbocycles. The molecule has 0 amide bonds. The Morgan fingerprint density at radius 3 is 2.62 bits per heavy atom. The van der Waals surface area contributed by atoms with E-state index in [2.05, 4.69) is 15.3 Å². The van der Waals surface area contributed by atoms with Crippen LogP contribution in [0.3, 0.4) is 0 Å². The Morgan fingerprint density at radius 1 is 1.08 bits per heavy atom. The van der Waals surface area contributed by atoms with Gasteiger partial charge in [-0.05, 0) is 37.1 Å². The molecule has 136 valence electrons. The van der Waals surface area contributed by atoms with E-state index in [-0.39, 0.29) is 11.5 Å². The van der Waals surface area contributed by atoms with Crippen molar-refractivity contribution in [3.63, 3.8) is 0 Å². The van der Waals surface area contributed by atoms with Crippen molar-refractivity contribution < 1.29 is 13.2 Å². The summed E-state index contributed by atoms with van der Waals surface area (Å²) in [6, 6.07) is 4.69. The number of nitrogens with zero attached hydrogens (tertiary/aromatic N) is 5. The number of benzene rings is 1. The lowest BCUT2D eigenvalue weighted by Gasteiger charge is -2.37. The zero-order valence-electron chi connectivity index (χ0n) is 14.0. The van der Waals surface area contributed by atoms with Crippen LogP contribution in [0.2, 0.25) is 0 Å². The van der Waals surface area contributed by atoms with Crippen LogP contribution in [0.5, 0.6) is 0 Å². The highest BCUT2D eigenvalue weighted by atomic mass is 19.2. The molecule has 0 aliphatic carbocycles. The molecule has 1 aliphatic rings. The molecule has 0 radical (unpaired) electrons. The van der Waals surface area contributed by atoms with Crippen LogP contribution in [0, 0.1) is 24.4 Å². The number of aromatic nitrogens is 4. The molecule has 6 nitrogen and oxygen atoms in total. The van der Waals surface area contributed by atoms with E-state index in [0.717, 1.165) is 6.07 Å². The van der Waals surface area contributed by atoms with Crippen LogP contribution in [0.1, 0.15) is 23.7 Å². The highest BCUT2D eigenvalue weighted by Gasteiger charge is 2.31. The van der Waals surface area contributed by atoms with Gasteiger partial charge in [-0.3, -0.25) is 0 Å². The monoisotopic (exact) mass is 362 g/mol. The molecule has 1 aliphatic heterocycles. The molecule has 4 rings (SSSR count).